The van der Waals surface area contributed by atoms with E-state index in [-0.39, 0.29) is 0 Å². The molecule has 0 N–H and O–H groups in total. The lowest BCUT2D eigenvalue weighted by atomic mass is 9.90. The first-order chi connectivity index (χ1) is 13.2. The van der Waals surface area contributed by atoms with Crippen LogP contribution in [0.25, 0.3) is 10.3 Å². The van der Waals surface area contributed by atoms with E-state index in [1.165, 1.54) is 43.4 Å². The van der Waals surface area contributed by atoms with Gasteiger partial charge in [0.2, 0.25) is 0 Å². The first-order valence-electron chi connectivity index (χ1n) is 9.32. The number of pyridine rings is 1. The van der Waals surface area contributed by atoms with Gasteiger partial charge in [0.1, 0.15) is 21.3 Å². The lowest BCUT2D eigenvalue weighted by molar-refractivity contribution is 0.196. The molecule has 0 amide bonds. The Morgan fingerprint density at radius 2 is 2.04 bits per heavy atom. The Hall–Kier alpha value is -2.59. The number of aryl methyl sites for hydroxylation is 1. The summed E-state index contributed by atoms with van der Waals surface area (Å²) in [7, 11) is 0. The van der Waals surface area contributed by atoms with E-state index < -0.39 is 5.92 Å². The van der Waals surface area contributed by atoms with Crippen LogP contribution < -0.4 is 4.74 Å². The molecule has 1 aliphatic rings. The predicted octanol–water partition coefficient (Wildman–Crippen LogP) is 4.40. The van der Waals surface area contributed by atoms with Crippen molar-refractivity contribution >= 4 is 21.7 Å². The Labute approximate surface area is 162 Å². The van der Waals surface area contributed by atoms with E-state index in [0.29, 0.717) is 29.2 Å². The molecule has 27 heavy (non-hydrogen) atoms. The molecule has 0 saturated heterocycles. The van der Waals surface area contributed by atoms with Gasteiger partial charge in [-0.1, -0.05) is 30.6 Å². The smallest absolute Gasteiger partial charge is 0.316 e. The van der Waals surface area contributed by atoms with Gasteiger partial charge >= 0.3 is 6.01 Å². The third-order valence-corrected chi connectivity index (χ3v) is 5.94. The van der Waals surface area contributed by atoms with Gasteiger partial charge in [-0.25, -0.2) is 15.0 Å². The Kier molecular flexibility index (Phi) is 5.26. The van der Waals surface area contributed by atoms with Gasteiger partial charge in [0.15, 0.2) is 0 Å². The summed E-state index contributed by atoms with van der Waals surface area (Å²) in [5.41, 5.74) is 2.36. The van der Waals surface area contributed by atoms with Crippen molar-refractivity contribution in [3.05, 3.63) is 40.8 Å². The summed E-state index contributed by atoms with van der Waals surface area (Å²) in [6.45, 7) is 2.59. The molecule has 3 aromatic rings. The molecule has 138 valence electrons. The summed E-state index contributed by atoms with van der Waals surface area (Å²) >= 11 is 1.43. The van der Waals surface area contributed by atoms with E-state index in [1.54, 1.807) is 12.3 Å². The van der Waals surface area contributed by atoms with Gasteiger partial charge < -0.3 is 4.74 Å². The number of aromatic nitrogens is 4. The third-order valence-electron chi connectivity index (χ3n) is 4.91. The molecule has 0 radical (unpaired) electrons. The van der Waals surface area contributed by atoms with Crippen LogP contribution in [-0.2, 0) is 0 Å². The van der Waals surface area contributed by atoms with Crippen molar-refractivity contribution in [2.24, 2.45) is 5.92 Å². The van der Waals surface area contributed by atoms with E-state index in [1.807, 2.05) is 19.1 Å². The molecule has 1 atom stereocenters. The molecular formula is C20H21N5OS. The second-order valence-corrected chi connectivity index (χ2v) is 7.98. The van der Waals surface area contributed by atoms with Gasteiger partial charge in [0, 0.05) is 11.9 Å². The minimum Gasteiger partial charge on any atom is -0.463 e. The zero-order valence-corrected chi connectivity index (χ0v) is 16.1. The number of thiazole rings is 1. The van der Waals surface area contributed by atoms with E-state index >= 15 is 0 Å². The summed E-state index contributed by atoms with van der Waals surface area (Å²) in [6.07, 6.45) is 7.94. The highest BCUT2D eigenvalue weighted by Crippen LogP contribution is 2.30. The summed E-state index contributed by atoms with van der Waals surface area (Å²) in [6, 6.07) is 8.28. The van der Waals surface area contributed by atoms with Crippen LogP contribution in [-0.4, -0.2) is 26.5 Å². The molecule has 6 nitrogen and oxygen atoms in total. The Bertz CT molecular complexity index is 974. The zero-order valence-electron chi connectivity index (χ0n) is 15.3. The minimum atomic E-state index is -0.551. The standard InChI is InChI=1S/C20H21N5OS/c1-13-7-8-17-19(23-13)27-18(24-17)15(11-21)16-9-10-22-20(25-16)26-12-14-5-3-2-4-6-14/h7-10,14-15H,2-6,12H2,1H3. The lowest BCUT2D eigenvalue weighted by Crippen LogP contribution is -2.16. The van der Waals surface area contributed by atoms with Gasteiger partial charge in [-0.2, -0.15) is 10.2 Å². The highest BCUT2D eigenvalue weighted by Gasteiger charge is 2.21. The maximum absolute atomic E-state index is 9.73. The SMILES string of the molecule is Cc1ccc2nc(C(C#N)c3ccnc(OCC4CCCCC4)n3)sc2n1. The number of ether oxygens (including phenoxy) is 1. The van der Waals surface area contributed by atoms with Crippen LogP contribution >= 0.6 is 11.3 Å². The monoisotopic (exact) mass is 379 g/mol. The van der Waals surface area contributed by atoms with Crippen molar-refractivity contribution in [1.82, 2.24) is 19.9 Å². The van der Waals surface area contributed by atoms with E-state index in [2.05, 4.69) is 26.0 Å². The van der Waals surface area contributed by atoms with E-state index in [0.717, 1.165) is 16.0 Å². The quantitative estimate of drug-likeness (QED) is 0.653. The summed E-state index contributed by atoms with van der Waals surface area (Å²) in [4.78, 5) is 18.6. The number of rotatable bonds is 5. The van der Waals surface area contributed by atoms with Crippen molar-refractivity contribution in [2.45, 2.75) is 44.9 Å². The molecule has 0 aliphatic heterocycles. The molecule has 1 aliphatic carbocycles. The number of fused-ring (bicyclic) bond motifs is 1. The van der Waals surface area contributed by atoms with E-state index in [9.17, 15) is 5.26 Å². The van der Waals surface area contributed by atoms with Crippen molar-refractivity contribution < 1.29 is 4.74 Å². The zero-order chi connectivity index (χ0) is 18.6. The number of nitriles is 1. The van der Waals surface area contributed by atoms with Crippen LogP contribution in [0.1, 0.15) is 54.4 Å². The Balaban J connectivity index is 1.54. The molecule has 1 unspecified atom stereocenters. The molecule has 7 heteroatoms. The fraction of sp³-hybridized carbons (Fsp3) is 0.450. The average molecular weight is 379 g/mol. The van der Waals surface area contributed by atoms with Crippen LogP contribution in [0, 0.1) is 24.2 Å². The molecule has 1 fully saturated rings. The van der Waals surface area contributed by atoms with Crippen molar-refractivity contribution in [1.29, 1.82) is 5.26 Å². The highest BCUT2D eigenvalue weighted by atomic mass is 32.1. The van der Waals surface area contributed by atoms with Gasteiger partial charge in [-0.05, 0) is 43.9 Å². The van der Waals surface area contributed by atoms with Gasteiger partial charge in [0.25, 0.3) is 0 Å². The van der Waals surface area contributed by atoms with Crippen LogP contribution in [0.5, 0.6) is 6.01 Å². The van der Waals surface area contributed by atoms with Gasteiger partial charge in [-0.15, -0.1) is 0 Å². The Morgan fingerprint density at radius 3 is 2.85 bits per heavy atom. The molecule has 3 heterocycles. The van der Waals surface area contributed by atoms with Crippen LogP contribution in [0.2, 0.25) is 0 Å². The minimum absolute atomic E-state index is 0.341. The van der Waals surface area contributed by atoms with Gasteiger partial charge in [0.05, 0.1) is 18.4 Å². The fourth-order valence-electron chi connectivity index (χ4n) is 3.43. The second-order valence-electron chi connectivity index (χ2n) is 6.97. The average Bonchev–Trinajstić information content (AvgIpc) is 3.11. The lowest BCUT2D eigenvalue weighted by Gasteiger charge is -2.21. The van der Waals surface area contributed by atoms with Crippen LogP contribution in [0.4, 0.5) is 0 Å². The molecule has 0 bridgehead atoms. The second kappa shape index (κ2) is 7.97. The maximum atomic E-state index is 9.73. The molecule has 0 aromatic carbocycles. The van der Waals surface area contributed by atoms with Crippen LogP contribution in [0.15, 0.2) is 24.4 Å². The number of nitrogens with zero attached hydrogens (tertiary/aromatic N) is 5. The first kappa shape index (κ1) is 17.8. The summed E-state index contributed by atoms with van der Waals surface area (Å²) in [5.74, 6) is 0.0286. The van der Waals surface area contributed by atoms with Crippen LogP contribution in [0.3, 0.4) is 0 Å². The molecule has 4 rings (SSSR count). The normalized spacial score (nSPS) is 16.1. The highest BCUT2D eigenvalue weighted by molar-refractivity contribution is 7.18. The van der Waals surface area contributed by atoms with Crippen molar-refractivity contribution in [3.8, 4) is 12.1 Å². The largest absolute Gasteiger partial charge is 0.463 e. The first-order valence-corrected chi connectivity index (χ1v) is 10.1. The molecule has 0 spiro atoms. The van der Waals surface area contributed by atoms with E-state index in [4.69, 9.17) is 4.74 Å². The summed E-state index contributed by atoms with van der Waals surface area (Å²) < 4.78 is 5.83. The van der Waals surface area contributed by atoms with Crippen molar-refractivity contribution in [2.75, 3.05) is 6.61 Å². The molecular weight excluding hydrogens is 358 g/mol. The number of hydrogen-bond acceptors (Lipinski definition) is 7. The fourth-order valence-corrected chi connectivity index (χ4v) is 4.47. The predicted molar refractivity (Wildman–Crippen MR) is 104 cm³/mol. The van der Waals surface area contributed by atoms with Gasteiger partial charge in [-0.3, -0.25) is 0 Å². The Morgan fingerprint density at radius 1 is 1.19 bits per heavy atom. The third kappa shape index (κ3) is 4.06. The summed E-state index contributed by atoms with van der Waals surface area (Å²) in [5, 5.41) is 10.4. The topological polar surface area (TPSA) is 84.6 Å². The number of hydrogen-bond donors (Lipinski definition) is 0. The molecule has 1 saturated carbocycles. The maximum Gasteiger partial charge on any atom is 0.316 e. The molecule has 3 aromatic heterocycles. The van der Waals surface area contributed by atoms with Crippen molar-refractivity contribution in [3.63, 3.8) is 0 Å².